The number of carboxylic acids is 1. The van der Waals surface area contributed by atoms with Crippen LogP contribution < -0.4 is 5.32 Å². The number of aliphatic carboxylic acids is 1. The minimum atomic E-state index is -0.995. The molecule has 1 atom stereocenters. The lowest BCUT2D eigenvalue weighted by Crippen LogP contribution is -2.52. The van der Waals surface area contributed by atoms with Gasteiger partial charge in [0, 0.05) is 6.54 Å². The van der Waals surface area contributed by atoms with Gasteiger partial charge >= 0.3 is 12.0 Å². The zero-order chi connectivity index (χ0) is 13.9. The van der Waals surface area contributed by atoms with Crippen molar-refractivity contribution in [1.82, 2.24) is 10.2 Å². The van der Waals surface area contributed by atoms with Crippen molar-refractivity contribution < 1.29 is 19.8 Å². The van der Waals surface area contributed by atoms with Gasteiger partial charge in [-0.25, -0.2) is 9.59 Å². The molecule has 0 heterocycles. The number of hydrogen-bond donors (Lipinski definition) is 3. The van der Waals surface area contributed by atoms with E-state index in [2.05, 4.69) is 5.32 Å². The summed E-state index contributed by atoms with van der Waals surface area (Å²) >= 11 is 0. The summed E-state index contributed by atoms with van der Waals surface area (Å²) in [5.41, 5.74) is -0.994. The van der Waals surface area contributed by atoms with Gasteiger partial charge in [-0.05, 0) is 39.5 Å². The summed E-state index contributed by atoms with van der Waals surface area (Å²) in [4.78, 5) is 24.4. The van der Waals surface area contributed by atoms with Gasteiger partial charge in [-0.2, -0.15) is 0 Å². The Morgan fingerprint density at radius 2 is 2.00 bits per heavy atom. The molecule has 0 radical (unpaired) electrons. The summed E-state index contributed by atoms with van der Waals surface area (Å²) in [5.74, 6) is -0.947. The fourth-order valence-electron chi connectivity index (χ4n) is 1.83. The lowest BCUT2D eigenvalue weighted by atomic mass is 10.1. The van der Waals surface area contributed by atoms with Crippen molar-refractivity contribution in [3.63, 3.8) is 0 Å². The Hall–Kier alpha value is -1.30. The molecule has 3 N–H and O–H groups in total. The lowest BCUT2D eigenvalue weighted by Gasteiger charge is -2.29. The monoisotopic (exact) mass is 258 g/mol. The van der Waals surface area contributed by atoms with Gasteiger partial charge in [-0.1, -0.05) is 0 Å². The van der Waals surface area contributed by atoms with Crippen LogP contribution in [0.2, 0.25) is 0 Å². The number of carboxylic acid groups (broad SMARTS) is 1. The second-order valence-electron chi connectivity index (χ2n) is 5.43. The molecule has 1 saturated carbocycles. The van der Waals surface area contributed by atoms with Crippen LogP contribution in [0.25, 0.3) is 0 Å². The van der Waals surface area contributed by atoms with Crippen LogP contribution in [-0.4, -0.2) is 51.8 Å². The summed E-state index contributed by atoms with van der Waals surface area (Å²) in [6.45, 7) is 5.61. The predicted octanol–water partition coefficient (Wildman–Crippen LogP) is 0.652. The van der Waals surface area contributed by atoms with E-state index in [1.54, 1.807) is 20.8 Å². The maximum absolute atomic E-state index is 11.9. The largest absolute Gasteiger partial charge is 0.480 e. The third-order valence-electron chi connectivity index (χ3n) is 2.89. The first-order valence-electron chi connectivity index (χ1n) is 6.25. The molecular formula is C12H22N2O4. The molecule has 6 nitrogen and oxygen atoms in total. The molecule has 104 valence electrons. The number of carbonyl (C=O) groups excluding carboxylic acids is 1. The summed E-state index contributed by atoms with van der Waals surface area (Å²) in [5, 5.41) is 21.3. The Balaban J connectivity index is 2.58. The van der Waals surface area contributed by atoms with Crippen LogP contribution in [0.3, 0.4) is 0 Å². The van der Waals surface area contributed by atoms with Crippen molar-refractivity contribution in [1.29, 1.82) is 0 Å². The Morgan fingerprint density at radius 3 is 2.33 bits per heavy atom. The molecule has 0 aromatic rings. The maximum atomic E-state index is 11.9. The van der Waals surface area contributed by atoms with E-state index in [1.807, 2.05) is 0 Å². The van der Waals surface area contributed by atoms with Crippen molar-refractivity contribution in [2.75, 3.05) is 13.1 Å². The number of likely N-dealkylation sites (N-methyl/N-ethyl adjacent to an activating group) is 1. The van der Waals surface area contributed by atoms with Crippen LogP contribution in [0.4, 0.5) is 4.79 Å². The quantitative estimate of drug-likeness (QED) is 0.652. The van der Waals surface area contributed by atoms with Gasteiger partial charge < -0.3 is 20.4 Å². The average Bonchev–Trinajstić information content (AvgIpc) is 3.04. The molecule has 0 saturated heterocycles. The number of nitrogens with zero attached hydrogens (tertiary/aromatic N) is 1. The van der Waals surface area contributed by atoms with Crippen molar-refractivity contribution >= 4 is 12.0 Å². The molecule has 0 aromatic carbocycles. The number of amides is 2. The van der Waals surface area contributed by atoms with Crippen LogP contribution in [0.15, 0.2) is 0 Å². The van der Waals surface area contributed by atoms with Crippen molar-refractivity contribution in [2.45, 2.75) is 45.3 Å². The molecule has 2 amide bonds. The molecule has 0 bridgehead atoms. The highest BCUT2D eigenvalue weighted by Gasteiger charge is 2.38. The molecule has 1 rings (SSSR count). The SMILES string of the molecule is CCN(CC(C)(C)O)C(=O)NC(C(=O)O)C1CC1. The standard InChI is InChI=1S/C12H22N2O4/c1-4-14(7-12(2,3)18)11(17)13-9(10(15)16)8-5-6-8/h8-9,18H,4-7H2,1-3H3,(H,13,17)(H,15,16). The molecule has 0 spiro atoms. The topological polar surface area (TPSA) is 89.9 Å². The van der Waals surface area contributed by atoms with E-state index in [9.17, 15) is 14.7 Å². The molecule has 0 aliphatic heterocycles. The van der Waals surface area contributed by atoms with Gasteiger partial charge in [-0.15, -0.1) is 0 Å². The summed E-state index contributed by atoms with van der Waals surface area (Å²) in [7, 11) is 0. The van der Waals surface area contributed by atoms with Gasteiger partial charge in [0.25, 0.3) is 0 Å². The van der Waals surface area contributed by atoms with E-state index < -0.39 is 23.6 Å². The third kappa shape index (κ3) is 4.52. The number of nitrogens with one attached hydrogen (secondary N) is 1. The third-order valence-corrected chi connectivity index (χ3v) is 2.89. The predicted molar refractivity (Wildman–Crippen MR) is 66.2 cm³/mol. The van der Waals surface area contributed by atoms with Crippen molar-refractivity contribution in [3.05, 3.63) is 0 Å². The summed E-state index contributed by atoms with van der Waals surface area (Å²) in [6, 6.07) is -1.24. The van der Waals surface area contributed by atoms with Gasteiger partial charge in [0.2, 0.25) is 0 Å². The minimum absolute atomic E-state index is 0.0484. The van der Waals surface area contributed by atoms with E-state index in [1.165, 1.54) is 4.90 Å². The smallest absolute Gasteiger partial charge is 0.326 e. The maximum Gasteiger partial charge on any atom is 0.326 e. The van der Waals surface area contributed by atoms with Crippen LogP contribution in [0, 0.1) is 5.92 Å². The van der Waals surface area contributed by atoms with Gasteiger partial charge in [0.1, 0.15) is 6.04 Å². The Kier molecular flexibility index (Phi) is 4.56. The molecule has 0 aromatic heterocycles. The van der Waals surface area contributed by atoms with Gasteiger partial charge in [0.05, 0.1) is 12.1 Å². The van der Waals surface area contributed by atoms with E-state index in [4.69, 9.17) is 5.11 Å². The summed E-state index contributed by atoms with van der Waals surface area (Å²) in [6.07, 6.45) is 1.68. The molecule has 1 aliphatic rings. The Morgan fingerprint density at radius 1 is 1.44 bits per heavy atom. The highest BCUT2D eigenvalue weighted by molar-refractivity contribution is 5.83. The van der Waals surface area contributed by atoms with Crippen LogP contribution in [0.1, 0.15) is 33.6 Å². The molecular weight excluding hydrogens is 236 g/mol. The fourth-order valence-corrected chi connectivity index (χ4v) is 1.83. The molecule has 1 fully saturated rings. The molecule has 1 unspecified atom stereocenters. The van der Waals surface area contributed by atoms with Crippen molar-refractivity contribution in [3.8, 4) is 0 Å². The molecule has 6 heteroatoms. The number of carbonyl (C=O) groups is 2. The van der Waals surface area contributed by atoms with Crippen LogP contribution in [-0.2, 0) is 4.79 Å². The van der Waals surface area contributed by atoms with E-state index in [0.717, 1.165) is 12.8 Å². The highest BCUT2D eigenvalue weighted by Crippen LogP contribution is 2.32. The summed E-state index contributed by atoms with van der Waals surface area (Å²) < 4.78 is 0. The van der Waals surface area contributed by atoms with Gasteiger partial charge in [0.15, 0.2) is 0 Å². The number of rotatable bonds is 6. The Bertz CT molecular complexity index is 321. The molecule has 1 aliphatic carbocycles. The normalized spacial score (nSPS) is 17.1. The first-order chi connectivity index (χ1) is 8.24. The highest BCUT2D eigenvalue weighted by atomic mass is 16.4. The second-order valence-corrected chi connectivity index (χ2v) is 5.43. The lowest BCUT2D eigenvalue weighted by molar-refractivity contribution is -0.139. The minimum Gasteiger partial charge on any atom is -0.480 e. The second kappa shape index (κ2) is 5.56. The number of aliphatic hydroxyl groups is 1. The van der Waals surface area contributed by atoms with Gasteiger partial charge in [-0.3, -0.25) is 0 Å². The van der Waals surface area contributed by atoms with E-state index in [0.29, 0.717) is 6.54 Å². The van der Waals surface area contributed by atoms with E-state index in [-0.39, 0.29) is 12.5 Å². The zero-order valence-corrected chi connectivity index (χ0v) is 11.1. The number of urea groups is 1. The van der Waals surface area contributed by atoms with E-state index >= 15 is 0 Å². The first kappa shape index (κ1) is 14.8. The van der Waals surface area contributed by atoms with Crippen LogP contribution in [0.5, 0.6) is 0 Å². The fraction of sp³-hybridized carbons (Fsp3) is 0.833. The zero-order valence-electron chi connectivity index (χ0n) is 11.1. The first-order valence-corrected chi connectivity index (χ1v) is 6.25. The average molecular weight is 258 g/mol. The van der Waals surface area contributed by atoms with Crippen LogP contribution >= 0.6 is 0 Å². The van der Waals surface area contributed by atoms with Crippen molar-refractivity contribution in [2.24, 2.45) is 5.92 Å². The number of hydrogen-bond acceptors (Lipinski definition) is 3. The Labute approximate surface area is 107 Å². The molecule has 18 heavy (non-hydrogen) atoms.